The van der Waals surface area contributed by atoms with E-state index in [0.717, 1.165) is 28.7 Å². The van der Waals surface area contributed by atoms with Gasteiger partial charge in [-0.25, -0.2) is 4.39 Å². The Hall–Kier alpha value is -0.950. The normalized spacial score (nSPS) is 12.6. The van der Waals surface area contributed by atoms with Gasteiger partial charge in [0.15, 0.2) is 0 Å². The Morgan fingerprint density at radius 3 is 2.90 bits per heavy atom. The highest BCUT2D eigenvalue weighted by Crippen LogP contribution is 2.28. The van der Waals surface area contributed by atoms with Crippen LogP contribution in [0.2, 0.25) is 5.02 Å². The van der Waals surface area contributed by atoms with Crippen molar-refractivity contribution in [1.29, 1.82) is 0 Å². The van der Waals surface area contributed by atoms with Crippen LogP contribution in [0, 0.1) is 5.82 Å². The van der Waals surface area contributed by atoms with Gasteiger partial charge in [-0.15, -0.1) is 0 Å². The quantitative estimate of drug-likeness (QED) is 0.599. The fourth-order valence-electron chi connectivity index (χ4n) is 2.25. The second-order valence-corrected chi connectivity index (χ2v) is 6.02. The fourth-order valence-corrected chi connectivity index (χ4v) is 3.07. The van der Waals surface area contributed by atoms with Gasteiger partial charge < -0.3 is 0 Å². The maximum Gasteiger partial charge on any atom is 0.124 e. The summed E-state index contributed by atoms with van der Waals surface area (Å²) in [5.74, 6) is 5.35. The molecule has 21 heavy (non-hydrogen) atoms. The molecule has 2 rings (SSSR count). The minimum atomic E-state index is -0.349. The molecule has 2 aromatic rings. The molecule has 0 aliphatic carbocycles. The molecular formula is C14H17BrClFN4. The van der Waals surface area contributed by atoms with E-state index in [1.165, 1.54) is 12.1 Å². The topological polar surface area (TPSA) is 55.9 Å². The van der Waals surface area contributed by atoms with E-state index in [1.807, 2.05) is 4.68 Å². The first-order valence-corrected chi connectivity index (χ1v) is 7.85. The second-order valence-electron chi connectivity index (χ2n) is 4.76. The number of halogens is 3. The summed E-state index contributed by atoms with van der Waals surface area (Å²) in [5, 5.41) is 4.73. The fraction of sp³-hybridized carbons (Fsp3) is 0.357. The van der Waals surface area contributed by atoms with Crippen molar-refractivity contribution in [3.63, 3.8) is 0 Å². The summed E-state index contributed by atoms with van der Waals surface area (Å²) in [4.78, 5) is 0. The Bertz CT molecular complexity index is 617. The summed E-state index contributed by atoms with van der Waals surface area (Å²) in [6.07, 6.45) is 3.26. The van der Waals surface area contributed by atoms with Crippen LogP contribution in [0.3, 0.4) is 0 Å². The maximum absolute atomic E-state index is 13.1. The molecule has 0 spiro atoms. The highest BCUT2D eigenvalue weighted by Gasteiger charge is 2.20. The number of benzene rings is 1. The Morgan fingerprint density at radius 2 is 2.29 bits per heavy atom. The first kappa shape index (κ1) is 16.4. The molecule has 0 radical (unpaired) electrons. The third-order valence-electron chi connectivity index (χ3n) is 3.24. The highest BCUT2D eigenvalue weighted by molar-refractivity contribution is 9.10. The van der Waals surface area contributed by atoms with Crippen molar-refractivity contribution < 1.29 is 4.39 Å². The summed E-state index contributed by atoms with van der Waals surface area (Å²) < 4.78 is 15.9. The van der Waals surface area contributed by atoms with Gasteiger partial charge in [0.1, 0.15) is 5.82 Å². The molecule has 1 aromatic carbocycles. The van der Waals surface area contributed by atoms with E-state index in [4.69, 9.17) is 17.4 Å². The van der Waals surface area contributed by atoms with Crippen molar-refractivity contribution in [1.82, 2.24) is 15.2 Å². The van der Waals surface area contributed by atoms with E-state index in [9.17, 15) is 4.39 Å². The Labute approximate surface area is 136 Å². The smallest absolute Gasteiger partial charge is 0.124 e. The monoisotopic (exact) mass is 374 g/mol. The Kier molecular flexibility index (Phi) is 5.75. The van der Waals surface area contributed by atoms with Crippen LogP contribution in [0.5, 0.6) is 0 Å². The molecule has 1 atom stereocenters. The zero-order chi connectivity index (χ0) is 15.4. The molecule has 1 unspecified atom stereocenters. The number of hydrogen-bond donors (Lipinski definition) is 2. The molecule has 0 saturated heterocycles. The number of nitrogens with one attached hydrogen (secondary N) is 1. The number of aromatic nitrogens is 2. The molecule has 0 aliphatic rings. The van der Waals surface area contributed by atoms with Crippen LogP contribution in [0.4, 0.5) is 4.39 Å². The molecule has 114 valence electrons. The average Bonchev–Trinajstić information content (AvgIpc) is 2.80. The first-order chi connectivity index (χ1) is 10.1. The van der Waals surface area contributed by atoms with Crippen molar-refractivity contribution in [2.24, 2.45) is 5.84 Å². The van der Waals surface area contributed by atoms with Gasteiger partial charge in [0, 0.05) is 11.6 Å². The third kappa shape index (κ3) is 3.83. The minimum absolute atomic E-state index is 0.170. The van der Waals surface area contributed by atoms with E-state index in [1.54, 1.807) is 12.3 Å². The van der Waals surface area contributed by atoms with E-state index in [0.29, 0.717) is 11.4 Å². The lowest BCUT2D eigenvalue weighted by Gasteiger charge is -2.19. The molecule has 0 aliphatic heterocycles. The number of hydrazine groups is 1. The van der Waals surface area contributed by atoms with Gasteiger partial charge in [-0.05, 0) is 46.5 Å². The van der Waals surface area contributed by atoms with Gasteiger partial charge in [0.2, 0.25) is 0 Å². The summed E-state index contributed by atoms with van der Waals surface area (Å²) in [7, 11) is 0. The van der Waals surface area contributed by atoms with Crippen LogP contribution in [0.25, 0.3) is 0 Å². The van der Waals surface area contributed by atoms with Crippen molar-refractivity contribution in [3.8, 4) is 0 Å². The van der Waals surface area contributed by atoms with Crippen molar-refractivity contribution in [3.05, 3.63) is 51.0 Å². The van der Waals surface area contributed by atoms with Crippen LogP contribution in [0.1, 0.15) is 30.6 Å². The molecule has 0 amide bonds. The first-order valence-electron chi connectivity index (χ1n) is 6.68. The SMILES string of the molecule is CCCn1ncc(Br)c1C(Cc1ccc(F)cc1Cl)NN. The molecular weight excluding hydrogens is 359 g/mol. The van der Waals surface area contributed by atoms with Crippen LogP contribution in [0.15, 0.2) is 28.9 Å². The van der Waals surface area contributed by atoms with Crippen molar-refractivity contribution >= 4 is 27.5 Å². The lowest BCUT2D eigenvalue weighted by atomic mass is 10.0. The highest BCUT2D eigenvalue weighted by atomic mass is 79.9. The molecule has 0 fully saturated rings. The van der Waals surface area contributed by atoms with Crippen molar-refractivity contribution in [2.75, 3.05) is 0 Å². The predicted molar refractivity (Wildman–Crippen MR) is 85.4 cm³/mol. The maximum atomic E-state index is 13.1. The molecule has 3 N–H and O–H groups in total. The lowest BCUT2D eigenvalue weighted by molar-refractivity contribution is 0.476. The van der Waals surface area contributed by atoms with E-state index >= 15 is 0 Å². The summed E-state index contributed by atoms with van der Waals surface area (Å²) in [6, 6.07) is 4.21. The lowest BCUT2D eigenvalue weighted by Crippen LogP contribution is -2.31. The van der Waals surface area contributed by atoms with Gasteiger partial charge in [-0.2, -0.15) is 5.10 Å². The van der Waals surface area contributed by atoms with Crippen molar-refractivity contribution in [2.45, 2.75) is 32.4 Å². The van der Waals surface area contributed by atoms with Crippen LogP contribution >= 0.6 is 27.5 Å². The molecule has 1 heterocycles. The van der Waals surface area contributed by atoms with Crippen LogP contribution in [-0.2, 0) is 13.0 Å². The molecule has 0 bridgehead atoms. The van der Waals surface area contributed by atoms with Gasteiger partial charge >= 0.3 is 0 Å². The largest absolute Gasteiger partial charge is 0.271 e. The molecule has 0 saturated carbocycles. The van der Waals surface area contributed by atoms with Gasteiger partial charge in [-0.1, -0.05) is 24.6 Å². The number of hydrogen-bond acceptors (Lipinski definition) is 3. The van der Waals surface area contributed by atoms with Crippen LogP contribution in [-0.4, -0.2) is 9.78 Å². The number of aryl methyl sites for hydroxylation is 1. The van der Waals surface area contributed by atoms with Gasteiger partial charge in [-0.3, -0.25) is 16.0 Å². The van der Waals surface area contributed by atoms with E-state index in [2.05, 4.69) is 33.4 Å². The molecule has 1 aromatic heterocycles. The number of nitrogens with zero attached hydrogens (tertiary/aromatic N) is 2. The summed E-state index contributed by atoms with van der Waals surface area (Å²) >= 11 is 9.59. The zero-order valence-electron chi connectivity index (χ0n) is 11.6. The second kappa shape index (κ2) is 7.35. The van der Waals surface area contributed by atoms with Crippen LogP contribution < -0.4 is 11.3 Å². The number of nitrogens with two attached hydrogens (primary N) is 1. The van der Waals surface area contributed by atoms with Gasteiger partial charge in [0.05, 0.1) is 22.4 Å². The summed E-state index contributed by atoms with van der Waals surface area (Å²) in [6.45, 7) is 2.89. The Balaban J connectivity index is 2.29. The summed E-state index contributed by atoms with van der Waals surface area (Å²) in [5.41, 5.74) is 4.58. The molecule has 7 heteroatoms. The van der Waals surface area contributed by atoms with E-state index in [-0.39, 0.29) is 11.9 Å². The average molecular weight is 376 g/mol. The number of rotatable bonds is 6. The minimum Gasteiger partial charge on any atom is -0.271 e. The Morgan fingerprint density at radius 1 is 1.52 bits per heavy atom. The van der Waals surface area contributed by atoms with Gasteiger partial charge in [0.25, 0.3) is 0 Å². The third-order valence-corrected chi connectivity index (χ3v) is 4.20. The van der Waals surface area contributed by atoms with E-state index < -0.39 is 0 Å². The predicted octanol–water partition coefficient (Wildman–Crippen LogP) is 3.60. The zero-order valence-corrected chi connectivity index (χ0v) is 14.0. The molecule has 4 nitrogen and oxygen atoms in total. The standard InChI is InChI=1S/C14H17BrClFN4/c1-2-5-21-14(11(15)8-19-21)13(20-18)6-9-3-4-10(17)7-12(9)16/h3-4,7-8,13,20H,2,5-6,18H2,1H3.